The minimum atomic E-state index is -0.0827. The average molecular weight is 358 g/mol. The zero-order valence-corrected chi connectivity index (χ0v) is 15.3. The van der Waals surface area contributed by atoms with Crippen LogP contribution in [-0.4, -0.2) is 26.9 Å². The molecule has 0 saturated heterocycles. The Morgan fingerprint density at radius 3 is 2.85 bits per heavy atom. The minimum Gasteiger partial charge on any atom is -0.349 e. The van der Waals surface area contributed by atoms with Crippen LogP contribution in [-0.2, 0) is 4.79 Å². The van der Waals surface area contributed by atoms with E-state index >= 15 is 0 Å². The number of amides is 1. The third-order valence-electron chi connectivity index (χ3n) is 4.95. The van der Waals surface area contributed by atoms with Gasteiger partial charge in [0.1, 0.15) is 12.0 Å². The summed E-state index contributed by atoms with van der Waals surface area (Å²) in [5.74, 6) is -0.0827. The van der Waals surface area contributed by atoms with Gasteiger partial charge in [-0.05, 0) is 37.3 Å². The van der Waals surface area contributed by atoms with Gasteiger partial charge in [-0.2, -0.15) is 0 Å². The molecule has 2 aromatic heterocycles. The van der Waals surface area contributed by atoms with E-state index in [0.29, 0.717) is 5.57 Å². The summed E-state index contributed by atoms with van der Waals surface area (Å²) in [5, 5.41) is 4.11. The summed E-state index contributed by atoms with van der Waals surface area (Å²) in [6.07, 6.45) is 8.40. The van der Waals surface area contributed by atoms with Crippen molar-refractivity contribution in [1.29, 1.82) is 0 Å². The maximum Gasteiger partial charge on any atom is 0.246 e. The zero-order chi connectivity index (χ0) is 18.8. The van der Waals surface area contributed by atoms with Gasteiger partial charge in [-0.1, -0.05) is 43.0 Å². The van der Waals surface area contributed by atoms with Crippen molar-refractivity contribution in [2.24, 2.45) is 0 Å². The zero-order valence-electron chi connectivity index (χ0n) is 15.3. The second kappa shape index (κ2) is 7.19. The molecule has 27 heavy (non-hydrogen) atoms. The van der Waals surface area contributed by atoms with Crippen LogP contribution in [0.3, 0.4) is 0 Å². The van der Waals surface area contributed by atoms with Crippen molar-refractivity contribution in [2.75, 3.05) is 0 Å². The van der Waals surface area contributed by atoms with Crippen molar-refractivity contribution in [1.82, 2.24) is 20.3 Å². The number of H-pyrrole nitrogens is 1. The first-order valence-electron chi connectivity index (χ1n) is 9.16. The highest BCUT2D eigenvalue weighted by Gasteiger charge is 2.22. The molecule has 4 rings (SSSR count). The molecule has 0 spiro atoms. The van der Waals surface area contributed by atoms with Crippen LogP contribution in [0.5, 0.6) is 0 Å². The van der Waals surface area contributed by atoms with Gasteiger partial charge in [0.2, 0.25) is 5.91 Å². The molecule has 1 aromatic carbocycles. The van der Waals surface area contributed by atoms with E-state index in [1.165, 1.54) is 0 Å². The van der Waals surface area contributed by atoms with Crippen LogP contribution >= 0.6 is 0 Å². The molecule has 0 saturated carbocycles. The molecule has 1 unspecified atom stereocenters. The molecule has 3 aromatic rings. The van der Waals surface area contributed by atoms with E-state index in [1.54, 1.807) is 13.3 Å². The first kappa shape index (κ1) is 17.2. The fourth-order valence-corrected chi connectivity index (χ4v) is 3.59. The number of fused-ring (bicyclic) bond motifs is 1. The largest absolute Gasteiger partial charge is 0.349 e. The number of hydrogen-bond donors (Lipinski definition) is 2. The maximum absolute atomic E-state index is 12.0. The number of nitrogens with one attached hydrogen (secondary N) is 2. The van der Waals surface area contributed by atoms with Crippen LogP contribution in [0.1, 0.15) is 31.9 Å². The van der Waals surface area contributed by atoms with Gasteiger partial charge in [-0.15, -0.1) is 0 Å². The lowest BCUT2D eigenvalue weighted by atomic mass is 9.90. The van der Waals surface area contributed by atoms with E-state index in [0.717, 1.165) is 52.7 Å². The number of aromatic nitrogens is 3. The molecular weight excluding hydrogens is 336 g/mol. The van der Waals surface area contributed by atoms with Gasteiger partial charge in [-0.3, -0.25) is 4.79 Å². The Morgan fingerprint density at radius 2 is 2.07 bits per heavy atom. The lowest BCUT2D eigenvalue weighted by molar-refractivity contribution is -0.118. The molecule has 5 nitrogen and oxygen atoms in total. The number of aromatic amines is 1. The summed E-state index contributed by atoms with van der Waals surface area (Å²) in [6, 6.07) is 10.3. The van der Waals surface area contributed by atoms with Crippen LogP contribution in [0.25, 0.3) is 27.7 Å². The van der Waals surface area contributed by atoms with Gasteiger partial charge in [0.05, 0.1) is 11.1 Å². The van der Waals surface area contributed by atoms with E-state index in [4.69, 9.17) is 0 Å². The Labute approximate surface area is 158 Å². The van der Waals surface area contributed by atoms with Crippen LogP contribution in [0, 0.1) is 0 Å². The average Bonchev–Trinajstić information content (AvgIpc) is 3.13. The summed E-state index contributed by atoms with van der Waals surface area (Å²) >= 11 is 0. The van der Waals surface area contributed by atoms with E-state index in [2.05, 4.69) is 45.1 Å². The highest BCUT2D eigenvalue weighted by Crippen LogP contribution is 2.35. The lowest BCUT2D eigenvalue weighted by Gasteiger charge is -2.24. The minimum absolute atomic E-state index is 0.0827. The summed E-state index contributed by atoms with van der Waals surface area (Å²) in [5.41, 5.74) is 5.67. The third-order valence-corrected chi connectivity index (χ3v) is 4.95. The fraction of sp³-hybridized carbons (Fsp3) is 0.227. The summed E-state index contributed by atoms with van der Waals surface area (Å²) in [6.45, 7) is 5.46. The Balaban J connectivity index is 1.72. The van der Waals surface area contributed by atoms with Crippen LogP contribution in [0.2, 0.25) is 0 Å². The molecule has 1 aliphatic carbocycles. The van der Waals surface area contributed by atoms with Gasteiger partial charge in [0.25, 0.3) is 0 Å². The molecule has 1 atom stereocenters. The van der Waals surface area contributed by atoms with Crippen molar-refractivity contribution < 1.29 is 4.79 Å². The maximum atomic E-state index is 12.0. The Kier molecular flexibility index (Phi) is 4.59. The molecule has 0 bridgehead atoms. The van der Waals surface area contributed by atoms with Crippen molar-refractivity contribution in [3.05, 3.63) is 66.8 Å². The van der Waals surface area contributed by atoms with Gasteiger partial charge >= 0.3 is 0 Å². The second-order valence-corrected chi connectivity index (χ2v) is 6.98. The first-order chi connectivity index (χ1) is 13.1. The Morgan fingerprint density at radius 1 is 1.26 bits per heavy atom. The number of nitrogens with zero attached hydrogens (tertiary/aromatic N) is 2. The van der Waals surface area contributed by atoms with E-state index in [-0.39, 0.29) is 11.9 Å². The SMILES string of the molecule is C=C(C)C(=O)NC1CCC=C(c2ncnc3[nH]cc(-c4ccccc4)c23)C1. The summed E-state index contributed by atoms with van der Waals surface area (Å²) in [4.78, 5) is 24.3. The van der Waals surface area contributed by atoms with Crippen molar-refractivity contribution in [2.45, 2.75) is 32.2 Å². The van der Waals surface area contributed by atoms with Gasteiger partial charge in [0, 0.05) is 23.4 Å². The molecule has 0 radical (unpaired) electrons. The number of benzene rings is 1. The second-order valence-electron chi connectivity index (χ2n) is 6.98. The molecule has 2 heterocycles. The van der Waals surface area contributed by atoms with E-state index in [1.807, 2.05) is 24.4 Å². The number of rotatable bonds is 4. The normalized spacial score (nSPS) is 16.8. The third kappa shape index (κ3) is 3.40. The van der Waals surface area contributed by atoms with Crippen LogP contribution in [0.15, 0.2) is 61.1 Å². The van der Waals surface area contributed by atoms with Crippen molar-refractivity contribution in [3.8, 4) is 11.1 Å². The summed E-state index contributed by atoms with van der Waals surface area (Å²) in [7, 11) is 0. The topological polar surface area (TPSA) is 70.7 Å². The molecule has 5 heteroatoms. The molecule has 2 N–H and O–H groups in total. The molecule has 1 aliphatic rings. The fourth-order valence-electron chi connectivity index (χ4n) is 3.59. The predicted molar refractivity (Wildman–Crippen MR) is 108 cm³/mol. The van der Waals surface area contributed by atoms with Crippen molar-refractivity contribution in [3.63, 3.8) is 0 Å². The molecule has 0 aliphatic heterocycles. The number of carbonyl (C=O) groups excluding carboxylic acids is 1. The molecule has 0 fully saturated rings. The Bertz CT molecular complexity index is 1030. The quantitative estimate of drug-likeness (QED) is 0.685. The van der Waals surface area contributed by atoms with Crippen LogP contribution < -0.4 is 5.32 Å². The van der Waals surface area contributed by atoms with Crippen molar-refractivity contribution >= 4 is 22.5 Å². The van der Waals surface area contributed by atoms with E-state index < -0.39 is 0 Å². The van der Waals surface area contributed by atoms with Gasteiger partial charge < -0.3 is 10.3 Å². The number of hydrogen-bond acceptors (Lipinski definition) is 3. The standard InChI is InChI=1S/C22H22N4O/c1-14(2)22(27)26-17-10-6-9-16(11-17)20-19-18(15-7-4-3-5-8-15)12-23-21(19)25-13-24-20/h3-5,7-9,12-13,17H,1,6,10-11H2,2H3,(H,26,27)(H,23,24,25). The predicted octanol–water partition coefficient (Wildman–Crippen LogP) is 4.25. The first-order valence-corrected chi connectivity index (χ1v) is 9.16. The number of carbonyl (C=O) groups is 1. The summed E-state index contributed by atoms with van der Waals surface area (Å²) < 4.78 is 0. The highest BCUT2D eigenvalue weighted by atomic mass is 16.1. The van der Waals surface area contributed by atoms with E-state index in [9.17, 15) is 4.79 Å². The highest BCUT2D eigenvalue weighted by molar-refractivity contribution is 6.00. The molecule has 1 amide bonds. The van der Waals surface area contributed by atoms with Crippen LogP contribution in [0.4, 0.5) is 0 Å². The molecule has 136 valence electrons. The van der Waals surface area contributed by atoms with Gasteiger partial charge in [0.15, 0.2) is 0 Å². The smallest absolute Gasteiger partial charge is 0.246 e. The van der Waals surface area contributed by atoms with Gasteiger partial charge in [-0.25, -0.2) is 9.97 Å². The monoisotopic (exact) mass is 358 g/mol. The Hall–Kier alpha value is -3.21. The number of allylic oxidation sites excluding steroid dienone is 1. The lowest BCUT2D eigenvalue weighted by Crippen LogP contribution is -2.36. The molecular formula is C22H22N4O.